The molecule has 0 saturated carbocycles. The molecule has 2 rings (SSSR count). The highest BCUT2D eigenvalue weighted by atomic mass is 16.5. The van der Waals surface area contributed by atoms with E-state index < -0.39 is 0 Å². The highest BCUT2D eigenvalue weighted by molar-refractivity contribution is 5.95. The lowest BCUT2D eigenvalue weighted by Crippen LogP contribution is -2.26. The van der Waals surface area contributed by atoms with Gasteiger partial charge in [-0.2, -0.15) is 0 Å². The lowest BCUT2D eigenvalue weighted by molar-refractivity contribution is 0.0940. The Balaban J connectivity index is 2.06. The van der Waals surface area contributed by atoms with Crippen molar-refractivity contribution >= 4 is 11.6 Å². The molecule has 4 nitrogen and oxygen atoms in total. The second kappa shape index (κ2) is 7.31. The molecule has 1 unspecified atom stereocenters. The van der Waals surface area contributed by atoms with E-state index in [1.807, 2.05) is 37.3 Å². The highest BCUT2D eigenvalue weighted by Crippen LogP contribution is 2.23. The fourth-order valence-electron chi connectivity index (χ4n) is 2.07. The van der Waals surface area contributed by atoms with Crippen LogP contribution < -0.4 is 15.8 Å². The first-order chi connectivity index (χ1) is 10.6. The maximum Gasteiger partial charge on any atom is 0.251 e. The SMILES string of the molecule is C=CCOc1ccc(C(=O)NC(C)c2ccccc2)cc1N. The van der Waals surface area contributed by atoms with Gasteiger partial charge in [-0.15, -0.1) is 0 Å². The summed E-state index contributed by atoms with van der Waals surface area (Å²) in [6, 6.07) is 14.7. The van der Waals surface area contributed by atoms with Crippen LogP contribution in [-0.2, 0) is 0 Å². The van der Waals surface area contributed by atoms with Gasteiger partial charge in [-0.05, 0) is 30.7 Å². The fourth-order valence-corrected chi connectivity index (χ4v) is 2.07. The average molecular weight is 296 g/mol. The zero-order chi connectivity index (χ0) is 15.9. The number of rotatable bonds is 6. The van der Waals surface area contributed by atoms with Crippen molar-refractivity contribution in [3.8, 4) is 5.75 Å². The molecule has 0 fully saturated rings. The van der Waals surface area contributed by atoms with Crippen LogP contribution in [0.4, 0.5) is 5.69 Å². The molecule has 0 bridgehead atoms. The minimum absolute atomic E-state index is 0.0772. The molecular weight excluding hydrogens is 276 g/mol. The molecule has 2 aromatic carbocycles. The molecule has 4 heteroatoms. The largest absolute Gasteiger partial charge is 0.487 e. The fraction of sp³-hybridized carbons (Fsp3) is 0.167. The molecule has 1 amide bonds. The number of anilines is 1. The van der Waals surface area contributed by atoms with E-state index >= 15 is 0 Å². The van der Waals surface area contributed by atoms with E-state index in [1.54, 1.807) is 24.3 Å². The summed E-state index contributed by atoms with van der Waals surface area (Å²) in [7, 11) is 0. The van der Waals surface area contributed by atoms with Crippen molar-refractivity contribution in [3.05, 3.63) is 72.3 Å². The van der Waals surface area contributed by atoms with Crippen molar-refractivity contribution in [2.75, 3.05) is 12.3 Å². The molecule has 22 heavy (non-hydrogen) atoms. The van der Waals surface area contributed by atoms with Crippen molar-refractivity contribution in [3.63, 3.8) is 0 Å². The van der Waals surface area contributed by atoms with Crippen LogP contribution in [0.2, 0.25) is 0 Å². The van der Waals surface area contributed by atoms with E-state index in [2.05, 4.69) is 11.9 Å². The number of ether oxygens (including phenoxy) is 1. The molecule has 0 aliphatic carbocycles. The molecule has 0 spiro atoms. The second-order valence-electron chi connectivity index (χ2n) is 4.96. The normalized spacial score (nSPS) is 11.5. The minimum Gasteiger partial charge on any atom is -0.487 e. The van der Waals surface area contributed by atoms with Crippen LogP contribution in [0, 0.1) is 0 Å². The van der Waals surface area contributed by atoms with Crippen molar-refractivity contribution in [1.29, 1.82) is 0 Å². The van der Waals surface area contributed by atoms with Crippen molar-refractivity contribution in [2.45, 2.75) is 13.0 Å². The van der Waals surface area contributed by atoms with Gasteiger partial charge in [-0.3, -0.25) is 4.79 Å². The summed E-state index contributed by atoms with van der Waals surface area (Å²) in [6.45, 7) is 5.90. The van der Waals surface area contributed by atoms with E-state index in [0.29, 0.717) is 23.6 Å². The van der Waals surface area contributed by atoms with Crippen LogP contribution in [-0.4, -0.2) is 12.5 Å². The topological polar surface area (TPSA) is 64.3 Å². The smallest absolute Gasteiger partial charge is 0.251 e. The van der Waals surface area contributed by atoms with Gasteiger partial charge in [-0.1, -0.05) is 43.0 Å². The first kappa shape index (κ1) is 15.6. The van der Waals surface area contributed by atoms with Gasteiger partial charge in [0.15, 0.2) is 0 Å². The van der Waals surface area contributed by atoms with Gasteiger partial charge in [0.2, 0.25) is 0 Å². The van der Waals surface area contributed by atoms with E-state index in [0.717, 1.165) is 5.56 Å². The van der Waals surface area contributed by atoms with E-state index in [-0.39, 0.29) is 11.9 Å². The predicted molar refractivity (Wildman–Crippen MR) is 88.9 cm³/mol. The summed E-state index contributed by atoms with van der Waals surface area (Å²) in [4.78, 5) is 12.3. The monoisotopic (exact) mass is 296 g/mol. The number of benzene rings is 2. The van der Waals surface area contributed by atoms with E-state index in [9.17, 15) is 4.79 Å². The lowest BCUT2D eigenvalue weighted by Gasteiger charge is -2.15. The van der Waals surface area contributed by atoms with E-state index in [4.69, 9.17) is 10.5 Å². The highest BCUT2D eigenvalue weighted by Gasteiger charge is 2.12. The van der Waals surface area contributed by atoms with Gasteiger partial charge in [0.05, 0.1) is 11.7 Å². The first-order valence-corrected chi connectivity index (χ1v) is 7.11. The lowest BCUT2D eigenvalue weighted by atomic mass is 10.1. The summed E-state index contributed by atoms with van der Waals surface area (Å²) in [6.07, 6.45) is 1.64. The number of nitrogen functional groups attached to an aromatic ring is 1. The number of hydrogen-bond acceptors (Lipinski definition) is 3. The van der Waals surface area contributed by atoms with Gasteiger partial charge < -0.3 is 15.8 Å². The van der Waals surface area contributed by atoms with Gasteiger partial charge in [0.25, 0.3) is 5.91 Å². The van der Waals surface area contributed by atoms with Crippen LogP contribution in [0.1, 0.15) is 28.9 Å². The van der Waals surface area contributed by atoms with Crippen LogP contribution in [0.3, 0.4) is 0 Å². The minimum atomic E-state index is -0.168. The third-order valence-corrected chi connectivity index (χ3v) is 3.28. The number of nitrogens with one attached hydrogen (secondary N) is 1. The molecular formula is C18H20N2O2. The Morgan fingerprint density at radius 1 is 1.32 bits per heavy atom. The maximum absolute atomic E-state index is 12.3. The predicted octanol–water partition coefficient (Wildman–Crippen LogP) is 3.32. The Kier molecular flexibility index (Phi) is 5.20. The Morgan fingerprint density at radius 3 is 2.68 bits per heavy atom. The number of nitrogens with two attached hydrogens (primary N) is 1. The quantitative estimate of drug-likeness (QED) is 0.635. The molecule has 2 aromatic rings. The number of carbonyl (C=O) groups is 1. The Morgan fingerprint density at radius 2 is 2.05 bits per heavy atom. The first-order valence-electron chi connectivity index (χ1n) is 7.11. The maximum atomic E-state index is 12.3. The second-order valence-corrected chi connectivity index (χ2v) is 4.96. The molecule has 0 radical (unpaired) electrons. The molecule has 3 N–H and O–H groups in total. The molecule has 0 heterocycles. The van der Waals surface area contributed by atoms with Gasteiger partial charge in [-0.25, -0.2) is 0 Å². The van der Waals surface area contributed by atoms with Gasteiger partial charge in [0, 0.05) is 5.56 Å². The Labute approximate surface area is 130 Å². The van der Waals surface area contributed by atoms with Crippen molar-refractivity contribution in [1.82, 2.24) is 5.32 Å². The Hall–Kier alpha value is -2.75. The van der Waals surface area contributed by atoms with Crippen LogP contribution in [0.15, 0.2) is 61.2 Å². The molecule has 0 aliphatic heterocycles. The van der Waals surface area contributed by atoms with E-state index in [1.165, 1.54) is 0 Å². The molecule has 1 atom stereocenters. The molecule has 0 aromatic heterocycles. The average Bonchev–Trinajstić information content (AvgIpc) is 2.54. The summed E-state index contributed by atoms with van der Waals surface area (Å²) in [5.74, 6) is 0.380. The zero-order valence-corrected chi connectivity index (χ0v) is 12.6. The molecule has 0 aliphatic rings. The summed E-state index contributed by atoms with van der Waals surface area (Å²) >= 11 is 0. The zero-order valence-electron chi connectivity index (χ0n) is 12.6. The van der Waals surface area contributed by atoms with Gasteiger partial charge >= 0.3 is 0 Å². The summed E-state index contributed by atoms with van der Waals surface area (Å²) in [5.41, 5.74) is 7.89. The molecule has 114 valence electrons. The number of hydrogen-bond donors (Lipinski definition) is 2. The summed E-state index contributed by atoms with van der Waals surface area (Å²) in [5, 5.41) is 2.95. The molecule has 0 saturated heterocycles. The van der Waals surface area contributed by atoms with Crippen LogP contribution in [0.25, 0.3) is 0 Å². The standard InChI is InChI=1S/C18H20N2O2/c1-3-11-22-17-10-9-15(12-16(17)19)18(21)20-13(2)14-7-5-4-6-8-14/h3-10,12-13H,1,11,19H2,2H3,(H,20,21). The van der Waals surface area contributed by atoms with Crippen molar-refractivity contribution < 1.29 is 9.53 Å². The van der Waals surface area contributed by atoms with Gasteiger partial charge in [0.1, 0.15) is 12.4 Å². The van der Waals surface area contributed by atoms with Crippen LogP contribution >= 0.6 is 0 Å². The number of amides is 1. The third kappa shape index (κ3) is 3.88. The number of carbonyl (C=O) groups excluding carboxylic acids is 1. The Bertz CT molecular complexity index is 653. The van der Waals surface area contributed by atoms with Crippen LogP contribution in [0.5, 0.6) is 5.75 Å². The van der Waals surface area contributed by atoms with Crippen molar-refractivity contribution in [2.24, 2.45) is 0 Å². The summed E-state index contributed by atoms with van der Waals surface area (Å²) < 4.78 is 5.40. The third-order valence-electron chi connectivity index (χ3n) is 3.28.